The van der Waals surface area contributed by atoms with Gasteiger partial charge in [-0.2, -0.15) is 5.10 Å². The highest BCUT2D eigenvalue weighted by Crippen LogP contribution is 2.25. The Kier molecular flexibility index (Phi) is 6.80. The average molecular weight is 344 g/mol. The molecule has 22 heavy (non-hydrogen) atoms. The van der Waals surface area contributed by atoms with Gasteiger partial charge in [0.25, 0.3) is 0 Å². The lowest BCUT2D eigenvalue weighted by Crippen LogP contribution is -2.23. The van der Waals surface area contributed by atoms with Gasteiger partial charge in [0.1, 0.15) is 0 Å². The first-order chi connectivity index (χ1) is 9.72. The molecule has 1 saturated carbocycles. The molecule has 2 atom stereocenters. The van der Waals surface area contributed by atoms with Crippen molar-refractivity contribution in [3.05, 3.63) is 36.8 Å². The molecule has 1 aliphatic carbocycles. The third kappa shape index (κ3) is 4.19. The Hall–Kier alpha value is -1.63. The number of halogens is 2. The van der Waals surface area contributed by atoms with Crippen LogP contribution in [0.1, 0.15) is 19.3 Å². The summed E-state index contributed by atoms with van der Waals surface area (Å²) in [6, 6.07) is 5.64. The molecule has 0 bridgehead atoms. The van der Waals surface area contributed by atoms with Gasteiger partial charge < -0.3 is 11.1 Å². The number of nitrogens with two attached hydrogens (primary N) is 1. The van der Waals surface area contributed by atoms with Crippen molar-refractivity contribution in [3.63, 3.8) is 0 Å². The average Bonchev–Trinajstić information content (AvgIpc) is 3.10. The summed E-state index contributed by atoms with van der Waals surface area (Å²) in [6.45, 7) is 0. The second-order valence-electron chi connectivity index (χ2n) is 5.12. The first-order valence-electron chi connectivity index (χ1n) is 6.75. The summed E-state index contributed by atoms with van der Waals surface area (Å²) in [7, 11) is 0. The summed E-state index contributed by atoms with van der Waals surface area (Å²) in [5.74, 6) is 0.776. The first kappa shape index (κ1) is 18.4. The number of carbonyl (C=O) groups is 1. The lowest BCUT2D eigenvalue weighted by atomic mass is 10.1. The van der Waals surface area contributed by atoms with Crippen LogP contribution in [0.3, 0.4) is 0 Å². The molecule has 0 aliphatic heterocycles. The fourth-order valence-corrected chi connectivity index (χ4v) is 2.50. The molecule has 2 unspecified atom stereocenters. The molecular weight excluding hydrogens is 325 g/mol. The molecule has 2 aromatic rings. The molecule has 2 aromatic heterocycles. The van der Waals surface area contributed by atoms with E-state index in [0.717, 1.165) is 25.1 Å². The maximum absolute atomic E-state index is 12.1. The molecule has 0 saturated heterocycles. The highest BCUT2D eigenvalue weighted by Gasteiger charge is 2.27. The van der Waals surface area contributed by atoms with Crippen LogP contribution in [0.25, 0.3) is 5.82 Å². The number of anilines is 1. The molecule has 6 nitrogen and oxygen atoms in total. The minimum absolute atomic E-state index is 0. The van der Waals surface area contributed by atoms with Crippen LogP contribution in [0, 0.1) is 5.92 Å². The van der Waals surface area contributed by atoms with E-state index in [9.17, 15) is 4.79 Å². The van der Waals surface area contributed by atoms with Gasteiger partial charge in [0, 0.05) is 24.4 Å². The summed E-state index contributed by atoms with van der Waals surface area (Å²) < 4.78 is 1.67. The predicted octanol–water partition coefficient (Wildman–Crippen LogP) is 2.18. The topological polar surface area (TPSA) is 85.8 Å². The summed E-state index contributed by atoms with van der Waals surface area (Å²) in [5, 5.41) is 6.99. The molecule has 0 spiro atoms. The number of amides is 1. The number of nitrogens with zero attached hydrogens (tertiary/aromatic N) is 3. The molecule has 120 valence electrons. The molecule has 1 fully saturated rings. The minimum atomic E-state index is 0. The van der Waals surface area contributed by atoms with Crippen LogP contribution in [0.5, 0.6) is 0 Å². The highest BCUT2D eigenvalue weighted by atomic mass is 35.5. The highest BCUT2D eigenvalue weighted by molar-refractivity contribution is 5.92. The smallest absolute Gasteiger partial charge is 0.227 e. The van der Waals surface area contributed by atoms with E-state index in [1.165, 1.54) is 0 Å². The lowest BCUT2D eigenvalue weighted by molar-refractivity contribution is -0.119. The number of hydrogen-bond donors (Lipinski definition) is 2. The maximum Gasteiger partial charge on any atom is 0.227 e. The van der Waals surface area contributed by atoms with Gasteiger partial charge in [-0.25, -0.2) is 9.67 Å². The van der Waals surface area contributed by atoms with Gasteiger partial charge in [0.15, 0.2) is 5.82 Å². The van der Waals surface area contributed by atoms with Crippen LogP contribution in [-0.4, -0.2) is 26.7 Å². The molecule has 1 aliphatic rings. The van der Waals surface area contributed by atoms with E-state index in [2.05, 4.69) is 15.4 Å². The summed E-state index contributed by atoms with van der Waals surface area (Å²) in [4.78, 5) is 16.3. The van der Waals surface area contributed by atoms with Crippen molar-refractivity contribution in [2.24, 2.45) is 11.7 Å². The van der Waals surface area contributed by atoms with Gasteiger partial charge in [-0.3, -0.25) is 4.79 Å². The zero-order valence-electron chi connectivity index (χ0n) is 11.9. The van der Waals surface area contributed by atoms with Crippen molar-refractivity contribution in [3.8, 4) is 5.82 Å². The van der Waals surface area contributed by atoms with E-state index in [4.69, 9.17) is 5.73 Å². The molecule has 3 rings (SSSR count). The fourth-order valence-electron chi connectivity index (χ4n) is 2.50. The van der Waals surface area contributed by atoms with Crippen molar-refractivity contribution in [2.75, 3.05) is 5.32 Å². The molecule has 1 amide bonds. The van der Waals surface area contributed by atoms with Crippen LogP contribution in [-0.2, 0) is 4.79 Å². The summed E-state index contributed by atoms with van der Waals surface area (Å²) in [5.41, 5.74) is 6.53. The Bertz CT molecular complexity index is 588. The minimum Gasteiger partial charge on any atom is -0.328 e. The van der Waals surface area contributed by atoms with Crippen LogP contribution < -0.4 is 11.1 Å². The quantitative estimate of drug-likeness (QED) is 0.894. The Morgan fingerprint density at radius 3 is 2.68 bits per heavy atom. The van der Waals surface area contributed by atoms with Gasteiger partial charge in [0.2, 0.25) is 5.91 Å². The number of rotatable bonds is 3. The van der Waals surface area contributed by atoms with E-state index in [1.807, 2.05) is 24.4 Å². The largest absolute Gasteiger partial charge is 0.328 e. The normalized spacial score (nSPS) is 19.9. The number of aromatic nitrogens is 3. The number of carbonyl (C=O) groups excluding carboxylic acids is 1. The third-order valence-corrected chi connectivity index (χ3v) is 3.60. The molecule has 8 heteroatoms. The predicted molar refractivity (Wildman–Crippen MR) is 89.8 cm³/mol. The van der Waals surface area contributed by atoms with Crippen molar-refractivity contribution in [1.82, 2.24) is 14.8 Å². The monoisotopic (exact) mass is 343 g/mol. The van der Waals surface area contributed by atoms with E-state index in [-0.39, 0.29) is 42.7 Å². The van der Waals surface area contributed by atoms with Crippen LogP contribution >= 0.6 is 24.8 Å². The van der Waals surface area contributed by atoms with Crippen molar-refractivity contribution in [2.45, 2.75) is 25.3 Å². The third-order valence-electron chi connectivity index (χ3n) is 3.60. The lowest BCUT2D eigenvalue weighted by Gasteiger charge is -2.10. The van der Waals surface area contributed by atoms with Gasteiger partial charge in [-0.1, -0.05) is 0 Å². The number of hydrogen-bond acceptors (Lipinski definition) is 4. The summed E-state index contributed by atoms with van der Waals surface area (Å²) >= 11 is 0. The van der Waals surface area contributed by atoms with Gasteiger partial charge in [-0.05, 0) is 37.5 Å². The molecular formula is C14H19Cl2N5O. The van der Waals surface area contributed by atoms with Gasteiger partial charge in [0.05, 0.1) is 11.9 Å². The summed E-state index contributed by atoms with van der Waals surface area (Å²) in [6.07, 6.45) is 7.72. The molecule has 3 N–H and O–H groups in total. The second kappa shape index (κ2) is 8.12. The number of nitrogens with one attached hydrogen (secondary N) is 1. The van der Waals surface area contributed by atoms with E-state index in [0.29, 0.717) is 5.69 Å². The Labute approximate surface area is 141 Å². The second-order valence-corrected chi connectivity index (χ2v) is 5.12. The zero-order chi connectivity index (χ0) is 13.9. The standard InChI is InChI=1S/C14H17N5O.2ClH/c15-11-3-2-10(8-11)14(20)18-12-4-5-13(16-9-12)19-7-1-6-17-19;;/h1,4-7,9-11H,2-3,8,15H2,(H,18,20);2*1H. The van der Waals surface area contributed by atoms with Crippen LogP contribution in [0.4, 0.5) is 5.69 Å². The first-order valence-corrected chi connectivity index (χ1v) is 6.75. The van der Waals surface area contributed by atoms with Crippen molar-refractivity contribution in [1.29, 1.82) is 0 Å². The Morgan fingerprint density at radius 2 is 2.14 bits per heavy atom. The van der Waals surface area contributed by atoms with Crippen molar-refractivity contribution >= 4 is 36.4 Å². The van der Waals surface area contributed by atoms with E-state index in [1.54, 1.807) is 17.1 Å². The molecule has 0 radical (unpaired) electrons. The zero-order valence-corrected chi connectivity index (χ0v) is 13.5. The van der Waals surface area contributed by atoms with E-state index >= 15 is 0 Å². The van der Waals surface area contributed by atoms with Crippen LogP contribution in [0.2, 0.25) is 0 Å². The number of pyridine rings is 1. The Morgan fingerprint density at radius 1 is 1.32 bits per heavy atom. The maximum atomic E-state index is 12.1. The molecule has 0 aromatic carbocycles. The van der Waals surface area contributed by atoms with Crippen molar-refractivity contribution < 1.29 is 4.79 Å². The van der Waals surface area contributed by atoms with Gasteiger partial charge >= 0.3 is 0 Å². The van der Waals surface area contributed by atoms with E-state index < -0.39 is 0 Å². The molecule has 2 heterocycles. The SMILES string of the molecule is Cl.Cl.NC1CCC(C(=O)Nc2ccc(-n3cccn3)nc2)C1. The Balaban J connectivity index is 0.00000121. The van der Waals surface area contributed by atoms with Gasteiger partial charge in [-0.15, -0.1) is 24.8 Å². The fraction of sp³-hybridized carbons (Fsp3) is 0.357. The van der Waals surface area contributed by atoms with Crippen LogP contribution in [0.15, 0.2) is 36.8 Å².